The number of pyridine rings is 1. The fraction of sp³-hybridized carbons (Fsp3) is 0.448. The van der Waals surface area contributed by atoms with E-state index in [4.69, 9.17) is 4.74 Å². The summed E-state index contributed by atoms with van der Waals surface area (Å²) >= 11 is 0. The van der Waals surface area contributed by atoms with Crippen molar-refractivity contribution in [3.8, 4) is 5.75 Å². The molecule has 6 rings (SSSR count). The van der Waals surface area contributed by atoms with Gasteiger partial charge in [0.15, 0.2) is 5.82 Å². The molecule has 2 aromatic heterocycles. The van der Waals surface area contributed by atoms with E-state index in [9.17, 15) is 4.79 Å². The monoisotopic (exact) mass is 513 g/mol. The van der Waals surface area contributed by atoms with Crippen LogP contribution in [0, 0.1) is 13.8 Å². The number of piperazine rings is 1. The van der Waals surface area contributed by atoms with Crippen LogP contribution >= 0.6 is 0 Å². The molecule has 1 saturated heterocycles. The Kier molecular flexibility index (Phi) is 6.61. The van der Waals surface area contributed by atoms with Gasteiger partial charge in [0.2, 0.25) is 0 Å². The number of hydrogen-bond donors (Lipinski definition) is 1. The first-order valence-corrected chi connectivity index (χ1v) is 13.6. The van der Waals surface area contributed by atoms with Crippen LogP contribution in [0.2, 0.25) is 0 Å². The van der Waals surface area contributed by atoms with Gasteiger partial charge in [-0.2, -0.15) is 0 Å². The third-order valence-electron chi connectivity index (χ3n) is 8.32. The minimum Gasteiger partial charge on any atom is -0.497 e. The van der Waals surface area contributed by atoms with Gasteiger partial charge in [-0.05, 0) is 78.6 Å². The molecule has 38 heavy (non-hydrogen) atoms. The Morgan fingerprint density at radius 2 is 1.68 bits per heavy atom. The second kappa shape index (κ2) is 10.2. The number of rotatable bonds is 6. The molecule has 9 heteroatoms. The standard InChI is InChI=1S/C29H35N7O2/c1-19-8-9-20(2)26-24(19)18-25(29(37)30-26)27(28-31-32-33-36(28)22-6-4-5-7-22)35-16-14-34(15-17-35)21-10-12-23(38-3)13-11-21/h8-13,18,22,27H,4-7,14-17H2,1-3H3,(H,30,37)/t27-/m0/s1. The van der Waals surface area contributed by atoms with Gasteiger partial charge in [0, 0.05) is 42.8 Å². The maximum atomic E-state index is 13.7. The number of hydrogen-bond acceptors (Lipinski definition) is 7. The van der Waals surface area contributed by atoms with Crippen molar-refractivity contribution in [2.45, 2.75) is 51.6 Å². The fourth-order valence-corrected chi connectivity index (χ4v) is 6.11. The summed E-state index contributed by atoms with van der Waals surface area (Å²) < 4.78 is 7.33. The molecule has 0 spiro atoms. The second-order valence-electron chi connectivity index (χ2n) is 10.6. The quantitative estimate of drug-likeness (QED) is 0.414. The van der Waals surface area contributed by atoms with E-state index < -0.39 is 0 Å². The number of nitrogens with one attached hydrogen (secondary N) is 1. The van der Waals surface area contributed by atoms with Gasteiger partial charge in [-0.1, -0.05) is 25.0 Å². The van der Waals surface area contributed by atoms with Crippen molar-refractivity contribution in [1.82, 2.24) is 30.1 Å². The molecule has 1 aliphatic carbocycles. The summed E-state index contributed by atoms with van der Waals surface area (Å²) in [4.78, 5) is 21.6. The normalized spacial score (nSPS) is 17.8. The lowest BCUT2D eigenvalue weighted by molar-refractivity contribution is 0.197. The molecular formula is C29H35N7O2. The van der Waals surface area contributed by atoms with Crippen molar-refractivity contribution in [2.24, 2.45) is 0 Å². The Bertz CT molecular complexity index is 1480. The number of aromatic amines is 1. The molecule has 4 aromatic rings. The molecule has 198 valence electrons. The topological polar surface area (TPSA) is 92.2 Å². The van der Waals surface area contributed by atoms with E-state index in [0.29, 0.717) is 5.56 Å². The number of fused-ring (bicyclic) bond motifs is 1. The average Bonchev–Trinajstić information content (AvgIpc) is 3.65. The summed E-state index contributed by atoms with van der Waals surface area (Å²) in [5, 5.41) is 14.2. The molecule has 2 fully saturated rings. The number of anilines is 1. The first kappa shape index (κ1) is 24.6. The highest BCUT2D eigenvalue weighted by Gasteiger charge is 2.35. The van der Waals surface area contributed by atoms with Crippen LogP contribution in [0.3, 0.4) is 0 Å². The van der Waals surface area contributed by atoms with E-state index in [1.54, 1.807) is 7.11 Å². The van der Waals surface area contributed by atoms with Gasteiger partial charge in [-0.25, -0.2) is 4.68 Å². The van der Waals surface area contributed by atoms with Crippen LogP contribution in [0.5, 0.6) is 5.75 Å². The third kappa shape index (κ3) is 4.45. The number of tetrazole rings is 1. The smallest absolute Gasteiger partial charge is 0.253 e. The van der Waals surface area contributed by atoms with E-state index in [2.05, 4.69) is 67.6 Å². The Hall–Kier alpha value is -3.72. The molecule has 1 aliphatic heterocycles. The highest BCUT2D eigenvalue weighted by atomic mass is 16.5. The van der Waals surface area contributed by atoms with Crippen molar-refractivity contribution in [3.63, 3.8) is 0 Å². The van der Waals surface area contributed by atoms with Crippen molar-refractivity contribution >= 4 is 16.6 Å². The molecule has 0 bridgehead atoms. The first-order chi connectivity index (χ1) is 18.5. The number of nitrogens with zero attached hydrogens (tertiary/aromatic N) is 6. The first-order valence-electron chi connectivity index (χ1n) is 13.6. The van der Waals surface area contributed by atoms with Crippen molar-refractivity contribution in [1.29, 1.82) is 0 Å². The molecule has 1 saturated carbocycles. The van der Waals surface area contributed by atoms with E-state index in [1.165, 1.54) is 18.5 Å². The van der Waals surface area contributed by atoms with Crippen molar-refractivity contribution in [3.05, 3.63) is 75.3 Å². The lowest BCUT2D eigenvalue weighted by Crippen LogP contribution is -2.49. The molecule has 2 aromatic carbocycles. The van der Waals surface area contributed by atoms with Gasteiger partial charge >= 0.3 is 0 Å². The molecule has 0 unspecified atom stereocenters. The zero-order chi connectivity index (χ0) is 26.2. The van der Waals surface area contributed by atoms with Crippen LogP contribution in [0.15, 0.2) is 47.3 Å². The number of ether oxygens (including phenoxy) is 1. The van der Waals surface area contributed by atoms with Gasteiger partial charge in [-0.3, -0.25) is 9.69 Å². The predicted octanol–water partition coefficient (Wildman–Crippen LogP) is 4.17. The van der Waals surface area contributed by atoms with E-state index in [0.717, 1.165) is 72.6 Å². The lowest BCUT2D eigenvalue weighted by Gasteiger charge is -2.40. The maximum absolute atomic E-state index is 13.7. The van der Waals surface area contributed by atoms with Crippen molar-refractivity contribution in [2.75, 3.05) is 38.2 Å². The van der Waals surface area contributed by atoms with Gasteiger partial charge in [0.25, 0.3) is 5.56 Å². The fourth-order valence-electron chi connectivity index (χ4n) is 6.11. The van der Waals surface area contributed by atoms with Crippen molar-refractivity contribution < 1.29 is 4.74 Å². The Balaban J connectivity index is 1.38. The zero-order valence-electron chi connectivity index (χ0n) is 22.4. The van der Waals surface area contributed by atoms with E-state index in [1.807, 2.05) is 23.7 Å². The van der Waals surface area contributed by atoms with Gasteiger partial charge in [-0.15, -0.1) is 5.10 Å². The summed E-state index contributed by atoms with van der Waals surface area (Å²) in [6.45, 7) is 7.40. The SMILES string of the molecule is COc1ccc(N2CCN([C@@H](c3cc4c(C)ccc(C)c4[nH]c3=O)c3nnnn3C3CCCC3)CC2)cc1. The lowest BCUT2D eigenvalue weighted by atomic mass is 9.99. The maximum Gasteiger partial charge on any atom is 0.253 e. The van der Waals surface area contributed by atoms with Gasteiger partial charge < -0.3 is 14.6 Å². The Morgan fingerprint density at radius 1 is 0.974 bits per heavy atom. The van der Waals surface area contributed by atoms with Crippen LogP contribution in [-0.2, 0) is 0 Å². The van der Waals surface area contributed by atoms with E-state index in [-0.39, 0.29) is 17.6 Å². The third-order valence-corrected chi connectivity index (χ3v) is 8.32. The van der Waals surface area contributed by atoms with Gasteiger partial charge in [0.05, 0.1) is 18.7 Å². The van der Waals surface area contributed by atoms with Crippen LogP contribution in [-0.4, -0.2) is 63.4 Å². The summed E-state index contributed by atoms with van der Waals surface area (Å²) in [7, 11) is 1.68. The number of H-pyrrole nitrogens is 1. The summed E-state index contributed by atoms with van der Waals surface area (Å²) in [6.07, 6.45) is 4.51. The highest BCUT2D eigenvalue weighted by Crippen LogP contribution is 2.35. The summed E-state index contributed by atoms with van der Waals surface area (Å²) in [5.41, 5.74) is 4.91. The minimum absolute atomic E-state index is 0.0743. The van der Waals surface area contributed by atoms with Crippen LogP contribution < -0.4 is 15.2 Å². The number of methoxy groups -OCH3 is 1. The van der Waals surface area contributed by atoms with Crippen LogP contribution in [0.1, 0.15) is 60.3 Å². The van der Waals surface area contributed by atoms with Gasteiger partial charge in [0.1, 0.15) is 11.8 Å². The molecule has 9 nitrogen and oxygen atoms in total. The number of aromatic nitrogens is 5. The van der Waals surface area contributed by atoms with Crippen LogP contribution in [0.4, 0.5) is 5.69 Å². The molecule has 2 aliphatic rings. The van der Waals surface area contributed by atoms with E-state index >= 15 is 0 Å². The molecule has 1 N–H and O–H groups in total. The Morgan fingerprint density at radius 3 is 2.39 bits per heavy atom. The molecule has 3 heterocycles. The second-order valence-corrected chi connectivity index (χ2v) is 10.6. The summed E-state index contributed by atoms with van der Waals surface area (Å²) in [5.74, 6) is 1.62. The summed E-state index contributed by atoms with van der Waals surface area (Å²) in [6, 6.07) is 14.4. The molecule has 1 atom stereocenters. The molecular weight excluding hydrogens is 478 g/mol. The molecule has 0 amide bonds. The number of benzene rings is 2. The highest BCUT2D eigenvalue weighted by molar-refractivity contribution is 5.85. The Labute approximate surface area is 222 Å². The average molecular weight is 514 g/mol. The van der Waals surface area contributed by atoms with Crippen LogP contribution in [0.25, 0.3) is 10.9 Å². The molecule has 0 radical (unpaired) electrons. The minimum atomic E-state index is -0.323. The predicted molar refractivity (Wildman–Crippen MR) is 148 cm³/mol. The largest absolute Gasteiger partial charge is 0.497 e. The zero-order valence-corrected chi connectivity index (χ0v) is 22.4. The number of aryl methyl sites for hydroxylation is 2.